The van der Waals surface area contributed by atoms with Crippen LogP contribution in [0.4, 0.5) is 4.39 Å². The number of aromatic nitrogens is 2. The zero-order chi connectivity index (χ0) is 22.7. The van der Waals surface area contributed by atoms with E-state index in [1.54, 1.807) is 18.3 Å². The molecule has 6 heteroatoms. The summed E-state index contributed by atoms with van der Waals surface area (Å²) in [6.45, 7) is 2.04. The molecule has 0 amide bonds. The van der Waals surface area contributed by atoms with Crippen LogP contribution in [0.25, 0.3) is 28.1 Å². The number of allylic oxidation sites excluding steroid dienone is 1. The minimum Gasteiger partial charge on any atom is -0.478 e. The number of nitrogens with one attached hydrogen (secondary N) is 1. The second-order valence-electron chi connectivity index (χ2n) is 7.26. The molecular weight excluding hydrogens is 427 g/mol. The van der Waals surface area contributed by atoms with Crippen molar-refractivity contribution in [2.24, 2.45) is 0 Å². The highest BCUT2D eigenvalue weighted by Crippen LogP contribution is 2.39. The van der Waals surface area contributed by atoms with Crippen molar-refractivity contribution in [3.63, 3.8) is 0 Å². The highest BCUT2D eigenvalue weighted by Gasteiger charge is 2.18. The number of hydrogen-bond acceptors (Lipinski definition) is 2. The van der Waals surface area contributed by atoms with Crippen LogP contribution in [0.2, 0.25) is 5.02 Å². The molecule has 32 heavy (non-hydrogen) atoms. The van der Waals surface area contributed by atoms with Crippen LogP contribution >= 0.6 is 11.6 Å². The molecule has 0 aliphatic rings. The number of aliphatic carboxylic acids is 1. The van der Waals surface area contributed by atoms with Crippen LogP contribution in [0.1, 0.15) is 35.6 Å². The maximum absolute atomic E-state index is 13.7. The number of rotatable bonds is 6. The predicted octanol–water partition coefficient (Wildman–Crippen LogP) is 6.82. The third-order valence-electron chi connectivity index (χ3n) is 5.28. The summed E-state index contributed by atoms with van der Waals surface area (Å²) in [6.07, 6.45) is 5.10. The van der Waals surface area contributed by atoms with Gasteiger partial charge in [0.25, 0.3) is 0 Å². The lowest BCUT2D eigenvalue weighted by molar-refractivity contribution is -0.131. The molecule has 0 radical (unpaired) electrons. The second-order valence-corrected chi connectivity index (χ2v) is 7.67. The minimum absolute atomic E-state index is 0.347. The summed E-state index contributed by atoms with van der Waals surface area (Å²) in [5.41, 5.74) is 6.28. The van der Waals surface area contributed by atoms with E-state index in [4.69, 9.17) is 16.7 Å². The number of H-pyrrole nitrogens is 1. The Morgan fingerprint density at radius 1 is 1.12 bits per heavy atom. The third-order valence-corrected chi connectivity index (χ3v) is 5.60. The molecule has 2 N–H and O–H groups in total. The van der Waals surface area contributed by atoms with Gasteiger partial charge in [-0.1, -0.05) is 61.0 Å². The largest absolute Gasteiger partial charge is 0.478 e. The van der Waals surface area contributed by atoms with Crippen LogP contribution in [0, 0.1) is 5.82 Å². The molecule has 1 heterocycles. The highest BCUT2D eigenvalue weighted by molar-refractivity contribution is 6.32. The summed E-state index contributed by atoms with van der Waals surface area (Å²) in [6, 6.07) is 18.0. The van der Waals surface area contributed by atoms with E-state index in [2.05, 4.69) is 10.2 Å². The van der Waals surface area contributed by atoms with Crippen molar-refractivity contribution in [1.82, 2.24) is 10.2 Å². The lowest BCUT2D eigenvalue weighted by atomic mass is 9.86. The number of nitrogens with zero attached hydrogens (tertiary/aromatic N) is 1. The van der Waals surface area contributed by atoms with Gasteiger partial charge in [-0.2, -0.15) is 5.10 Å². The molecule has 0 fully saturated rings. The highest BCUT2D eigenvalue weighted by atomic mass is 35.5. The molecule has 3 aromatic carbocycles. The first kappa shape index (κ1) is 21.5. The van der Waals surface area contributed by atoms with E-state index < -0.39 is 5.97 Å². The van der Waals surface area contributed by atoms with Crippen LogP contribution in [0.5, 0.6) is 0 Å². The number of benzene rings is 3. The number of carbonyl (C=O) groups is 1. The van der Waals surface area contributed by atoms with Crippen molar-refractivity contribution >= 4 is 45.7 Å². The molecule has 0 aliphatic carbocycles. The Hall–Kier alpha value is -3.70. The number of carboxylic acids is 1. The monoisotopic (exact) mass is 446 g/mol. The number of carboxylic acid groups (broad SMARTS) is 1. The van der Waals surface area contributed by atoms with Gasteiger partial charge < -0.3 is 5.11 Å². The topological polar surface area (TPSA) is 66.0 Å². The molecular formula is C26H20ClFN2O2. The molecule has 0 saturated heterocycles. The Kier molecular flexibility index (Phi) is 6.19. The van der Waals surface area contributed by atoms with Crippen molar-refractivity contribution in [2.75, 3.05) is 0 Å². The van der Waals surface area contributed by atoms with Gasteiger partial charge in [0.15, 0.2) is 0 Å². The molecule has 4 nitrogen and oxygen atoms in total. The van der Waals surface area contributed by atoms with E-state index in [1.165, 1.54) is 12.1 Å². The van der Waals surface area contributed by atoms with E-state index >= 15 is 0 Å². The third kappa shape index (κ3) is 4.34. The Bertz CT molecular complexity index is 1350. The summed E-state index contributed by atoms with van der Waals surface area (Å²) in [4.78, 5) is 10.8. The van der Waals surface area contributed by atoms with E-state index in [0.29, 0.717) is 11.4 Å². The fraction of sp³-hybridized carbons (Fsp3) is 0.0769. The summed E-state index contributed by atoms with van der Waals surface area (Å²) in [5.74, 6) is -1.39. The summed E-state index contributed by atoms with van der Waals surface area (Å²) in [5, 5.41) is 17.4. The zero-order valence-corrected chi connectivity index (χ0v) is 18.0. The van der Waals surface area contributed by atoms with Crippen LogP contribution in [-0.4, -0.2) is 21.3 Å². The summed E-state index contributed by atoms with van der Waals surface area (Å²) >= 11 is 6.46. The zero-order valence-electron chi connectivity index (χ0n) is 17.3. The Morgan fingerprint density at radius 3 is 2.59 bits per heavy atom. The van der Waals surface area contributed by atoms with Crippen LogP contribution in [0.15, 0.2) is 72.9 Å². The minimum atomic E-state index is -1.000. The first-order chi connectivity index (χ1) is 15.5. The predicted molar refractivity (Wildman–Crippen MR) is 127 cm³/mol. The van der Waals surface area contributed by atoms with Gasteiger partial charge in [-0.15, -0.1) is 0 Å². The van der Waals surface area contributed by atoms with Crippen molar-refractivity contribution in [1.29, 1.82) is 0 Å². The summed E-state index contributed by atoms with van der Waals surface area (Å²) in [7, 11) is 0. The molecule has 0 unspecified atom stereocenters. The molecule has 1 aromatic heterocycles. The van der Waals surface area contributed by atoms with Crippen molar-refractivity contribution in [3.05, 3.63) is 106 Å². The molecule has 0 aliphatic heterocycles. The average Bonchev–Trinajstić information content (AvgIpc) is 3.26. The normalized spacial score (nSPS) is 12.3. The van der Waals surface area contributed by atoms with Gasteiger partial charge in [-0.05, 0) is 64.1 Å². The van der Waals surface area contributed by atoms with Gasteiger partial charge in [0, 0.05) is 11.5 Å². The Balaban J connectivity index is 1.98. The smallest absolute Gasteiger partial charge is 0.328 e. The first-order valence-corrected chi connectivity index (χ1v) is 10.5. The second kappa shape index (κ2) is 9.20. The molecule has 0 spiro atoms. The SMILES string of the molecule is CCC(=C(c1ccc(C=CC(=O)O)cc1)c1cccc2[nH]ncc12)c1ccc(F)cc1Cl. The van der Waals surface area contributed by atoms with E-state index in [-0.39, 0.29) is 5.82 Å². The van der Waals surface area contributed by atoms with E-state index in [0.717, 1.165) is 50.4 Å². The van der Waals surface area contributed by atoms with Gasteiger partial charge in [0.05, 0.1) is 16.7 Å². The number of halogens is 2. The fourth-order valence-electron chi connectivity index (χ4n) is 3.84. The number of aromatic amines is 1. The van der Waals surface area contributed by atoms with Crippen molar-refractivity contribution < 1.29 is 14.3 Å². The first-order valence-electron chi connectivity index (χ1n) is 10.1. The molecule has 0 saturated carbocycles. The number of fused-ring (bicyclic) bond motifs is 1. The van der Waals surface area contributed by atoms with E-state index in [1.807, 2.05) is 49.4 Å². The van der Waals surface area contributed by atoms with Gasteiger partial charge in [0.1, 0.15) is 5.82 Å². The lowest BCUT2D eigenvalue weighted by Crippen LogP contribution is -1.97. The molecule has 4 aromatic rings. The van der Waals surface area contributed by atoms with Crippen molar-refractivity contribution in [2.45, 2.75) is 13.3 Å². The number of hydrogen-bond donors (Lipinski definition) is 2. The molecule has 160 valence electrons. The quantitative estimate of drug-likeness (QED) is 0.252. The molecule has 0 bridgehead atoms. The van der Waals surface area contributed by atoms with Crippen LogP contribution < -0.4 is 0 Å². The maximum Gasteiger partial charge on any atom is 0.328 e. The van der Waals surface area contributed by atoms with Gasteiger partial charge in [-0.25, -0.2) is 9.18 Å². The molecule has 4 rings (SSSR count). The maximum atomic E-state index is 13.7. The molecule has 0 atom stereocenters. The van der Waals surface area contributed by atoms with Crippen molar-refractivity contribution in [3.8, 4) is 0 Å². The standard InChI is InChI=1S/C26H20ClFN2O2/c1-2-19(20-12-11-18(28)14-23(20)27)26(21-4-3-5-24-22(21)15-29-30-24)17-9-6-16(7-10-17)8-13-25(31)32/h3-15H,2H2,1H3,(H,29,30)(H,31,32). The Labute approximate surface area is 189 Å². The van der Waals surface area contributed by atoms with Gasteiger partial charge in [0.2, 0.25) is 0 Å². The lowest BCUT2D eigenvalue weighted by Gasteiger charge is -2.18. The van der Waals surface area contributed by atoms with Crippen LogP contribution in [0.3, 0.4) is 0 Å². The van der Waals surface area contributed by atoms with Gasteiger partial charge >= 0.3 is 5.97 Å². The Morgan fingerprint density at radius 2 is 1.91 bits per heavy atom. The average molecular weight is 447 g/mol. The fourth-order valence-corrected chi connectivity index (χ4v) is 4.12. The van der Waals surface area contributed by atoms with Gasteiger partial charge in [-0.3, -0.25) is 5.10 Å². The van der Waals surface area contributed by atoms with Crippen LogP contribution in [-0.2, 0) is 4.79 Å². The van der Waals surface area contributed by atoms with E-state index in [9.17, 15) is 9.18 Å². The summed E-state index contributed by atoms with van der Waals surface area (Å²) < 4.78 is 13.7.